The molecule has 108 valence electrons. The van der Waals surface area contributed by atoms with Crippen LogP contribution in [0.2, 0.25) is 0 Å². The van der Waals surface area contributed by atoms with E-state index in [2.05, 4.69) is 23.8 Å². The summed E-state index contributed by atoms with van der Waals surface area (Å²) in [6.45, 7) is 6.26. The average Bonchev–Trinajstić information content (AvgIpc) is 2.72. The van der Waals surface area contributed by atoms with Crippen molar-refractivity contribution in [1.82, 2.24) is 9.97 Å². The van der Waals surface area contributed by atoms with Gasteiger partial charge in [-0.15, -0.1) is 0 Å². The zero-order chi connectivity index (χ0) is 15.0. The summed E-state index contributed by atoms with van der Waals surface area (Å²) >= 11 is 0. The monoisotopic (exact) mass is 281 g/mol. The number of furan rings is 1. The highest BCUT2D eigenvalue weighted by atomic mass is 16.3. The van der Waals surface area contributed by atoms with Crippen molar-refractivity contribution in [3.63, 3.8) is 0 Å². The molecule has 0 unspecified atom stereocenters. The summed E-state index contributed by atoms with van der Waals surface area (Å²) in [5, 5.41) is 1.02. The van der Waals surface area contributed by atoms with Gasteiger partial charge in [-0.25, -0.2) is 9.97 Å². The molecule has 2 N–H and O–H groups in total. The number of hydrogen-bond donors (Lipinski definition) is 1. The molecular weight excluding hydrogens is 262 g/mol. The zero-order valence-electron chi connectivity index (χ0n) is 12.6. The van der Waals surface area contributed by atoms with E-state index in [0.717, 1.165) is 34.4 Å². The topological polar surface area (TPSA) is 64.9 Å². The highest BCUT2D eigenvalue weighted by molar-refractivity contribution is 5.93. The predicted octanol–water partition coefficient (Wildman–Crippen LogP) is 3.98. The first-order valence-electron chi connectivity index (χ1n) is 7.16. The molecular formula is C17H19N3O. The fourth-order valence-corrected chi connectivity index (χ4v) is 2.60. The first-order valence-corrected chi connectivity index (χ1v) is 7.16. The number of anilines is 1. The van der Waals surface area contributed by atoms with Crippen molar-refractivity contribution in [2.24, 2.45) is 5.92 Å². The van der Waals surface area contributed by atoms with Gasteiger partial charge in [-0.1, -0.05) is 32.0 Å². The van der Waals surface area contributed by atoms with Crippen molar-refractivity contribution in [1.29, 1.82) is 0 Å². The van der Waals surface area contributed by atoms with Crippen LogP contribution in [0.1, 0.15) is 25.3 Å². The number of aromatic nitrogens is 2. The molecule has 2 aromatic heterocycles. The van der Waals surface area contributed by atoms with E-state index in [9.17, 15) is 0 Å². The molecule has 0 radical (unpaired) electrons. The highest BCUT2D eigenvalue weighted by Gasteiger charge is 2.16. The molecule has 0 fully saturated rings. The van der Waals surface area contributed by atoms with E-state index in [-0.39, 0.29) is 0 Å². The van der Waals surface area contributed by atoms with Crippen molar-refractivity contribution in [3.05, 3.63) is 41.8 Å². The van der Waals surface area contributed by atoms with E-state index in [1.54, 1.807) is 0 Å². The standard InChI is InChI=1S/C17H19N3O/c1-10(2)8-12-9-15(18)20-17(19-12)16-11(3)21-14-7-5-4-6-13(14)16/h4-7,9-10H,8H2,1-3H3,(H2,18,19,20). The quantitative estimate of drug-likeness (QED) is 0.788. The van der Waals surface area contributed by atoms with Crippen molar-refractivity contribution < 1.29 is 4.42 Å². The van der Waals surface area contributed by atoms with Gasteiger partial charge in [-0.05, 0) is 25.3 Å². The lowest BCUT2D eigenvalue weighted by Gasteiger charge is -2.07. The van der Waals surface area contributed by atoms with Crippen LogP contribution in [0.4, 0.5) is 5.82 Å². The third-order valence-corrected chi connectivity index (χ3v) is 3.41. The molecule has 0 saturated carbocycles. The lowest BCUT2D eigenvalue weighted by Crippen LogP contribution is -2.03. The molecule has 3 aromatic rings. The Hall–Kier alpha value is -2.36. The fourth-order valence-electron chi connectivity index (χ4n) is 2.60. The minimum Gasteiger partial charge on any atom is -0.461 e. The summed E-state index contributed by atoms with van der Waals surface area (Å²) in [6.07, 6.45) is 0.883. The molecule has 2 heterocycles. The Morgan fingerprint density at radius 2 is 1.95 bits per heavy atom. The van der Waals surface area contributed by atoms with Crippen LogP contribution in [0.3, 0.4) is 0 Å². The first-order chi connectivity index (χ1) is 10.0. The van der Waals surface area contributed by atoms with Crippen LogP contribution >= 0.6 is 0 Å². The first kappa shape index (κ1) is 13.6. The molecule has 4 nitrogen and oxygen atoms in total. The molecule has 0 aliphatic heterocycles. The summed E-state index contributed by atoms with van der Waals surface area (Å²) in [6, 6.07) is 9.77. The minimum atomic E-state index is 0.500. The summed E-state index contributed by atoms with van der Waals surface area (Å²) in [4.78, 5) is 9.08. The largest absolute Gasteiger partial charge is 0.461 e. The number of nitrogen functional groups attached to an aromatic ring is 1. The number of rotatable bonds is 3. The van der Waals surface area contributed by atoms with Gasteiger partial charge in [0.25, 0.3) is 0 Å². The van der Waals surface area contributed by atoms with Gasteiger partial charge in [0.1, 0.15) is 17.2 Å². The van der Waals surface area contributed by atoms with Gasteiger partial charge < -0.3 is 10.2 Å². The molecule has 0 amide bonds. The lowest BCUT2D eigenvalue weighted by molar-refractivity contribution is 0.579. The number of fused-ring (bicyclic) bond motifs is 1. The van der Waals surface area contributed by atoms with Gasteiger partial charge in [0, 0.05) is 17.1 Å². The number of nitrogens with zero attached hydrogens (tertiary/aromatic N) is 2. The van der Waals surface area contributed by atoms with Gasteiger partial charge >= 0.3 is 0 Å². The summed E-state index contributed by atoms with van der Waals surface area (Å²) in [5.41, 5.74) is 8.71. The van der Waals surface area contributed by atoms with E-state index in [1.165, 1.54) is 0 Å². The molecule has 0 atom stereocenters. The second-order valence-corrected chi connectivity index (χ2v) is 5.74. The molecule has 0 bridgehead atoms. The van der Waals surface area contributed by atoms with Crippen molar-refractivity contribution in [2.75, 3.05) is 5.73 Å². The maximum absolute atomic E-state index is 5.95. The van der Waals surface area contributed by atoms with Gasteiger partial charge in [0.2, 0.25) is 0 Å². The second kappa shape index (κ2) is 5.20. The van der Waals surface area contributed by atoms with E-state index in [1.807, 2.05) is 37.3 Å². The van der Waals surface area contributed by atoms with Crippen molar-refractivity contribution in [3.8, 4) is 11.4 Å². The smallest absolute Gasteiger partial charge is 0.165 e. The number of nitrogens with two attached hydrogens (primary N) is 1. The Labute approximate surface area is 124 Å². The average molecular weight is 281 g/mol. The Bertz CT molecular complexity index is 790. The number of hydrogen-bond acceptors (Lipinski definition) is 4. The Morgan fingerprint density at radius 3 is 2.71 bits per heavy atom. The predicted molar refractivity (Wildman–Crippen MR) is 84.9 cm³/mol. The van der Waals surface area contributed by atoms with Crippen LogP contribution in [0, 0.1) is 12.8 Å². The Morgan fingerprint density at radius 1 is 1.19 bits per heavy atom. The highest BCUT2D eigenvalue weighted by Crippen LogP contribution is 2.32. The summed E-state index contributed by atoms with van der Waals surface area (Å²) in [7, 11) is 0. The Kier molecular flexibility index (Phi) is 3.37. The van der Waals surface area contributed by atoms with Crippen LogP contribution in [0.5, 0.6) is 0 Å². The molecule has 21 heavy (non-hydrogen) atoms. The van der Waals surface area contributed by atoms with E-state index in [4.69, 9.17) is 10.2 Å². The van der Waals surface area contributed by atoms with Crippen LogP contribution in [-0.2, 0) is 6.42 Å². The normalized spacial score (nSPS) is 11.4. The molecule has 0 aliphatic carbocycles. The number of benzene rings is 1. The van der Waals surface area contributed by atoms with Crippen LogP contribution < -0.4 is 5.73 Å². The van der Waals surface area contributed by atoms with Gasteiger partial charge in [0.15, 0.2) is 5.82 Å². The SMILES string of the molecule is Cc1oc2ccccc2c1-c1nc(N)cc(CC(C)C)n1. The number of para-hydroxylation sites is 1. The van der Waals surface area contributed by atoms with E-state index >= 15 is 0 Å². The molecule has 3 rings (SSSR count). The van der Waals surface area contributed by atoms with Crippen molar-refractivity contribution >= 4 is 16.8 Å². The molecule has 0 saturated heterocycles. The van der Waals surface area contributed by atoms with E-state index < -0.39 is 0 Å². The van der Waals surface area contributed by atoms with Gasteiger partial charge in [-0.2, -0.15) is 0 Å². The minimum absolute atomic E-state index is 0.500. The van der Waals surface area contributed by atoms with Crippen LogP contribution in [-0.4, -0.2) is 9.97 Å². The lowest BCUT2D eigenvalue weighted by atomic mass is 10.1. The van der Waals surface area contributed by atoms with Crippen LogP contribution in [0.25, 0.3) is 22.4 Å². The maximum Gasteiger partial charge on any atom is 0.165 e. The maximum atomic E-state index is 5.95. The third-order valence-electron chi connectivity index (χ3n) is 3.41. The van der Waals surface area contributed by atoms with Gasteiger partial charge in [-0.3, -0.25) is 0 Å². The summed E-state index contributed by atoms with van der Waals surface area (Å²) < 4.78 is 5.79. The van der Waals surface area contributed by atoms with Crippen LogP contribution in [0.15, 0.2) is 34.7 Å². The molecule has 1 aromatic carbocycles. The molecule has 0 aliphatic rings. The zero-order valence-corrected chi connectivity index (χ0v) is 12.6. The fraction of sp³-hybridized carbons (Fsp3) is 0.294. The Balaban J connectivity index is 2.18. The third kappa shape index (κ3) is 2.61. The van der Waals surface area contributed by atoms with Crippen molar-refractivity contribution in [2.45, 2.75) is 27.2 Å². The molecule has 0 spiro atoms. The van der Waals surface area contributed by atoms with Gasteiger partial charge in [0.05, 0.1) is 5.56 Å². The molecule has 4 heteroatoms. The summed E-state index contributed by atoms with van der Waals surface area (Å²) in [5.74, 6) is 2.49. The second-order valence-electron chi connectivity index (χ2n) is 5.74. The van der Waals surface area contributed by atoms with E-state index in [0.29, 0.717) is 17.6 Å². The number of aryl methyl sites for hydroxylation is 1.